The van der Waals surface area contributed by atoms with Crippen molar-refractivity contribution in [3.8, 4) is 5.75 Å². The van der Waals surface area contributed by atoms with Crippen molar-refractivity contribution < 1.29 is 28.6 Å². The number of carbonyl (C=O) groups is 3. The number of aliphatic carboxylic acids is 1. The van der Waals surface area contributed by atoms with Gasteiger partial charge in [-0.15, -0.1) is 0 Å². The number of halogens is 1. The molecule has 1 aliphatic rings. The first kappa shape index (κ1) is 22.4. The smallest absolute Gasteiger partial charge is 0.344 e. The van der Waals surface area contributed by atoms with Gasteiger partial charge < -0.3 is 9.84 Å². The van der Waals surface area contributed by atoms with Crippen LogP contribution < -0.4 is 10.2 Å². The fourth-order valence-electron chi connectivity index (χ4n) is 2.63. The predicted octanol–water partition coefficient (Wildman–Crippen LogP) is 3.61. The van der Waals surface area contributed by atoms with Crippen molar-refractivity contribution in [3.63, 3.8) is 0 Å². The Balaban J connectivity index is 1.74. The van der Waals surface area contributed by atoms with Gasteiger partial charge in [0.25, 0.3) is 11.8 Å². The molecule has 2 aromatic rings. The molecule has 2 N–H and O–H groups in total. The van der Waals surface area contributed by atoms with Crippen LogP contribution >= 0.6 is 24.0 Å². The van der Waals surface area contributed by atoms with Crippen molar-refractivity contribution in [2.75, 3.05) is 0 Å². The van der Waals surface area contributed by atoms with E-state index in [2.05, 4.69) is 5.43 Å². The first-order chi connectivity index (χ1) is 14.8. The number of carboxylic acid groups (broad SMARTS) is 1. The van der Waals surface area contributed by atoms with Crippen LogP contribution in [0, 0.1) is 5.82 Å². The maximum atomic E-state index is 13.0. The summed E-state index contributed by atoms with van der Waals surface area (Å²) >= 11 is 6.19. The Labute approximate surface area is 186 Å². The lowest BCUT2D eigenvalue weighted by atomic mass is 10.2. The van der Waals surface area contributed by atoms with Gasteiger partial charge in [-0.25, -0.2) is 9.18 Å². The minimum absolute atomic E-state index is 0.135. The summed E-state index contributed by atoms with van der Waals surface area (Å²) in [6, 6.07) is 11.5. The molecule has 0 saturated carbocycles. The molecule has 1 fully saturated rings. The molecule has 0 bridgehead atoms. The molecular formula is C21H17FN2O5S2. The molecule has 10 heteroatoms. The number of thiocarbonyl (C=S) groups is 1. The van der Waals surface area contributed by atoms with Gasteiger partial charge in [0.15, 0.2) is 10.4 Å². The molecule has 1 atom stereocenters. The summed E-state index contributed by atoms with van der Waals surface area (Å²) in [7, 11) is 0. The second-order valence-corrected chi connectivity index (χ2v) is 8.07. The van der Waals surface area contributed by atoms with Crippen LogP contribution in [0.5, 0.6) is 5.75 Å². The van der Waals surface area contributed by atoms with Crippen LogP contribution in [0.1, 0.15) is 29.3 Å². The number of hydrazine groups is 1. The summed E-state index contributed by atoms with van der Waals surface area (Å²) in [6.07, 6.45) is 0.888. The molecule has 2 amide bonds. The number of thioether (sulfide) groups is 1. The van der Waals surface area contributed by atoms with Crippen LogP contribution in [-0.4, -0.2) is 38.3 Å². The minimum Gasteiger partial charge on any atom is -0.479 e. The summed E-state index contributed by atoms with van der Waals surface area (Å²) in [5.41, 5.74) is 3.19. The highest BCUT2D eigenvalue weighted by molar-refractivity contribution is 8.26. The van der Waals surface area contributed by atoms with Crippen molar-refractivity contribution in [1.29, 1.82) is 0 Å². The van der Waals surface area contributed by atoms with Gasteiger partial charge in [-0.2, -0.15) is 5.01 Å². The van der Waals surface area contributed by atoms with E-state index in [4.69, 9.17) is 22.1 Å². The molecule has 3 rings (SSSR count). The molecule has 1 heterocycles. The second-order valence-electron chi connectivity index (χ2n) is 6.39. The average molecular weight is 461 g/mol. The van der Waals surface area contributed by atoms with Gasteiger partial charge in [0, 0.05) is 5.56 Å². The maximum Gasteiger partial charge on any atom is 0.344 e. The lowest BCUT2D eigenvalue weighted by Crippen LogP contribution is -2.44. The molecule has 31 heavy (non-hydrogen) atoms. The number of carboxylic acids is 1. The van der Waals surface area contributed by atoms with Crippen LogP contribution in [0.4, 0.5) is 4.39 Å². The summed E-state index contributed by atoms with van der Waals surface area (Å²) in [5.74, 6) is -2.32. The van der Waals surface area contributed by atoms with E-state index in [1.165, 1.54) is 12.1 Å². The molecule has 1 aliphatic heterocycles. The number of benzene rings is 2. The summed E-state index contributed by atoms with van der Waals surface area (Å²) in [6.45, 7) is 1.70. The first-order valence-corrected chi connectivity index (χ1v) is 10.3. The third-order valence-corrected chi connectivity index (χ3v) is 5.50. The number of nitrogens with one attached hydrogen (secondary N) is 1. The number of ether oxygens (including phenoxy) is 1. The summed E-state index contributed by atoms with van der Waals surface area (Å²) in [4.78, 5) is 36.5. The fraction of sp³-hybridized carbons (Fsp3) is 0.143. The van der Waals surface area contributed by atoms with Crippen LogP contribution in [-0.2, 0) is 9.59 Å². The minimum atomic E-state index is -1.06. The average Bonchev–Trinajstić information content (AvgIpc) is 2.99. The van der Waals surface area contributed by atoms with Crippen molar-refractivity contribution in [3.05, 3.63) is 70.4 Å². The number of hydrogen-bond donors (Lipinski definition) is 2. The molecule has 0 spiro atoms. The Morgan fingerprint density at radius 3 is 2.65 bits per heavy atom. The van der Waals surface area contributed by atoms with Gasteiger partial charge in [0.2, 0.25) is 0 Å². The van der Waals surface area contributed by atoms with E-state index >= 15 is 0 Å². The van der Waals surface area contributed by atoms with Crippen molar-refractivity contribution in [1.82, 2.24) is 10.4 Å². The molecule has 160 valence electrons. The standard InChI is InChI=1S/C21H17FN2O5S2/c1-2-16(20(27)28)29-15-5-3-4-12(10-15)11-17-19(26)24(21(30)31-17)23-18(25)13-6-8-14(22)9-7-13/h3-11,16H,2H2,1H3,(H,23,25)(H,27,28)/b17-11+. The molecule has 7 nitrogen and oxygen atoms in total. The molecule has 0 aromatic heterocycles. The Hall–Kier alpha value is -3.24. The normalized spacial score (nSPS) is 15.8. The number of hydrogen-bond acceptors (Lipinski definition) is 6. The maximum absolute atomic E-state index is 13.0. The van der Waals surface area contributed by atoms with Gasteiger partial charge in [-0.3, -0.25) is 15.0 Å². The third kappa shape index (κ3) is 5.47. The summed E-state index contributed by atoms with van der Waals surface area (Å²) < 4.78 is 18.6. The Morgan fingerprint density at radius 2 is 2.00 bits per heavy atom. The van der Waals surface area contributed by atoms with Gasteiger partial charge in [-0.1, -0.05) is 30.8 Å². The molecule has 1 unspecified atom stereocenters. The summed E-state index contributed by atoms with van der Waals surface area (Å²) in [5, 5.41) is 10.1. The fourth-order valence-corrected chi connectivity index (χ4v) is 3.81. The van der Waals surface area contributed by atoms with Gasteiger partial charge in [0.1, 0.15) is 11.6 Å². The topological polar surface area (TPSA) is 95.9 Å². The van der Waals surface area contributed by atoms with E-state index in [9.17, 15) is 18.8 Å². The quantitative estimate of drug-likeness (QED) is 0.481. The van der Waals surface area contributed by atoms with Gasteiger partial charge in [0.05, 0.1) is 4.91 Å². The Morgan fingerprint density at radius 1 is 1.29 bits per heavy atom. The zero-order chi connectivity index (χ0) is 22.5. The van der Waals surface area contributed by atoms with E-state index in [0.29, 0.717) is 17.7 Å². The van der Waals surface area contributed by atoms with Gasteiger partial charge in [-0.05, 0) is 66.7 Å². The third-order valence-electron chi connectivity index (χ3n) is 4.19. The van der Waals surface area contributed by atoms with E-state index < -0.39 is 29.7 Å². The highest BCUT2D eigenvalue weighted by atomic mass is 32.2. The Bertz CT molecular complexity index is 1070. The molecule has 0 radical (unpaired) electrons. The zero-order valence-corrected chi connectivity index (χ0v) is 17.8. The number of carbonyl (C=O) groups excluding carboxylic acids is 2. The highest BCUT2D eigenvalue weighted by Gasteiger charge is 2.33. The molecule has 1 saturated heterocycles. The second kappa shape index (κ2) is 9.71. The van der Waals surface area contributed by atoms with E-state index in [-0.39, 0.29) is 14.8 Å². The first-order valence-electron chi connectivity index (χ1n) is 9.12. The highest BCUT2D eigenvalue weighted by Crippen LogP contribution is 2.32. The largest absolute Gasteiger partial charge is 0.479 e. The van der Waals surface area contributed by atoms with Crippen LogP contribution in [0.25, 0.3) is 6.08 Å². The van der Waals surface area contributed by atoms with Crippen molar-refractivity contribution in [2.24, 2.45) is 0 Å². The molecule has 0 aliphatic carbocycles. The van der Waals surface area contributed by atoms with Gasteiger partial charge >= 0.3 is 5.97 Å². The number of nitrogens with zero attached hydrogens (tertiary/aromatic N) is 1. The van der Waals surface area contributed by atoms with Crippen molar-refractivity contribution >= 4 is 52.2 Å². The lowest BCUT2D eigenvalue weighted by molar-refractivity contribution is -0.145. The van der Waals surface area contributed by atoms with Crippen molar-refractivity contribution in [2.45, 2.75) is 19.4 Å². The van der Waals surface area contributed by atoms with Crippen LogP contribution in [0.3, 0.4) is 0 Å². The molecular weight excluding hydrogens is 443 g/mol. The lowest BCUT2D eigenvalue weighted by Gasteiger charge is -2.15. The van der Waals surface area contributed by atoms with E-state index in [1.807, 2.05) is 0 Å². The van der Waals surface area contributed by atoms with E-state index in [0.717, 1.165) is 28.9 Å². The van der Waals surface area contributed by atoms with Crippen LogP contribution in [0.15, 0.2) is 53.4 Å². The molecule has 2 aromatic carbocycles. The SMILES string of the molecule is CCC(Oc1cccc(/C=C2/SC(=S)N(NC(=O)c3ccc(F)cc3)C2=O)c1)C(=O)O. The van der Waals surface area contributed by atoms with E-state index in [1.54, 1.807) is 37.3 Å². The Kier molecular flexibility index (Phi) is 7.03. The predicted molar refractivity (Wildman–Crippen MR) is 118 cm³/mol. The number of amides is 2. The number of rotatable bonds is 7. The van der Waals surface area contributed by atoms with Crippen LogP contribution in [0.2, 0.25) is 0 Å². The monoisotopic (exact) mass is 460 g/mol. The zero-order valence-electron chi connectivity index (χ0n) is 16.2.